The Morgan fingerprint density at radius 3 is 2.54 bits per heavy atom. The summed E-state index contributed by atoms with van der Waals surface area (Å²) < 4.78 is 50.5. The molecular formula is C19H16F3N3O3. The third-order valence-corrected chi connectivity index (χ3v) is 4.80. The van der Waals surface area contributed by atoms with Crippen molar-refractivity contribution in [3.63, 3.8) is 0 Å². The SMILES string of the molecule is Cc1cc(-c2onc3c2CN(C(=O)Cc2cc(F)c(F)c(F)c2)[C@@H](C)C3)no1. The Morgan fingerprint density at radius 1 is 1.18 bits per heavy atom. The molecule has 0 unspecified atom stereocenters. The lowest BCUT2D eigenvalue weighted by Gasteiger charge is -2.32. The number of hydrogen-bond acceptors (Lipinski definition) is 5. The molecule has 28 heavy (non-hydrogen) atoms. The molecule has 1 amide bonds. The highest BCUT2D eigenvalue weighted by molar-refractivity contribution is 5.79. The highest BCUT2D eigenvalue weighted by Gasteiger charge is 2.33. The predicted molar refractivity (Wildman–Crippen MR) is 90.5 cm³/mol. The van der Waals surface area contributed by atoms with Crippen molar-refractivity contribution in [2.75, 3.05) is 0 Å². The number of carbonyl (C=O) groups excluding carboxylic acids is 1. The highest BCUT2D eigenvalue weighted by Crippen LogP contribution is 2.32. The molecule has 146 valence electrons. The van der Waals surface area contributed by atoms with Crippen molar-refractivity contribution in [3.8, 4) is 11.5 Å². The van der Waals surface area contributed by atoms with Gasteiger partial charge in [-0.1, -0.05) is 10.3 Å². The Morgan fingerprint density at radius 2 is 1.89 bits per heavy atom. The topological polar surface area (TPSA) is 72.4 Å². The predicted octanol–water partition coefficient (Wildman–Crippen LogP) is 3.57. The van der Waals surface area contributed by atoms with Crippen LogP contribution in [0.4, 0.5) is 13.2 Å². The first-order chi connectivity index (χ1) is 13.3. The molecule has 4 rings (SSSR count). The van der Waals surface area contributed by atoms with E-state index in [0.717, 1.165) is 23.4 Å². The zero-order chi connectivity index (χ0) is 20.0. The molecule has 6 nitrogen and oxygen atoms in total. The van der Waals surface area contributed by atoms with E-state index < -0.39 is 17.5 Å². The minimum atomic E-state index is -1.55. The molecule has 3 aromatic rings. The van der Waals surface area contributed by atoms with Gasteiger partial charge in [0.05, 0.1) is 18.7 Å². The molecule has 1 aliphatic heterocycles. The van der Waals surface area contributed by atoms with Gasteiger partial charge in [0.15, 0.2) is 28.9 Å². The molecule has 0 saturated carbocycles. The Kier molecular flexibility index (Phi) is 4.44. The van der Waals surface area contributed by atoms with Gasteiger partial charge in [-0.25, -0.2) is 13.2 Å². The van der Waals surface area contributed by atoms with E-state index in [4.69, 9.17) is 9.05 Å². The molecule has 1 aromatic carbocycles. The van der Waals surface area contributed by atoms with Gasteiger partial charge < -0.3 is 13.9 Å². The number of carbonyl (C=O) groups is 1. The van der Waals surface area contributed by atoms with Crippen molar-refractivity contribution in [1.82, 2.24) is 15.2 Å². The average molecular weight is 391 g/mol. The van der Waals surface area contributed by atoms with E-state index in [1.165, 1.54) is 0 Å². The third-order valence-electron chi connectivity index (χ3n) is 4.80. The normalized spacial score (nSPS) is 16.3. The van der Waals surface area contributed by atoms with Crippen LogP contribution in [-0.2, 0) is 24.2 Å². The number of amides is 1. The number of benzene rings is 1. The van der Waals surface area contributed by atoms with E-state index in [0.29, 0.717) is 23.6 Å². The Hall–Kier alpha value is -3.10. The summed E-state index contributed by atoms with van der Waals surface area (Å²) in [7, 11) is 0. The second kappa shape index (κ2) is 6.81. The minimum Gasteiger partial charge on any atom is -0.361 e. The van der Waals surface area contributed by atoms with Gasteiger partial charge >= 0.3 is 0 Å². The zero-order valence-electron chi connectivity index (χ0n) is 15.1. The van der Waals surface area contributed by atoms with Crippen molar-refractivity contribution < 1.29 is 27.0 Å². The van der Waals surface area contributed by atoms with Crippen LogP contribution in [0.5, 0.6) is 0 Å². The number of aromatic nitrogens is 2. The van der Waals surface area contributed by atoms with E-state index in [1.54, 1.807) is 17.9 Å². The van der Waals surface area contributed by atoms with Gasteiger partial charge in [-0.2, -0.15) is 0 Å². The summed E-state index contributed by atoms with van der Waals surface area (Å²) in [4.78, 5) is 14.3. The lowest BCUT2D eigenvalue weighted by atomic mass is 9.98. The fraction of sp³-hybridized carbons (Fsp3) is 0.316. The van der Waals surface area contributed by atoms with Gasteiger partial charge in [0.1, 0.15) is 5.76 Å². The molecule has 9 heteroatoms. The zero-order valence-corrected chi connectivity index (χ0v) is 15.1. The number of nitrogens with zero attached hydrogens (tertiary/aromatic N) is 3. The molecule has 0 N–H and O–H groups in total. The summed E-state index contributed by atoms with van der Waals surface area (Å²) in [5.41, 5.74) is 2.00. The Balaban J connectivity index is 1.58. The number of hydrogen-bond donors (Lipinski definition) is 0. The van der Waals surface area contributed by atoms with Gasteiger partial charge in [-0.05, 0) is 31.5 Å². The Labute approximate surface area is 157 Å². The van der Waals surface area contributed by atoms with Crippen molar-refractivity contribution in [1.29, 1.82) is 0 Å². The summed E-state index contributed by atoms with van der Waals surface area (Å²) in [6.45, 7) is 3.81. The lowest BCUT2D eigenvalue weighted by molar-refractivity contribution is -0.133. The van der Waals surface area contributed by atoms with E-state index >= 15 is 0 Å². The van der Waals surface area contributed by atoms with Gasteiger partial charge in [0.25, 0.3) is 0 Å². The van der Waals surface area contributed by atoms with Crippen LogP contribution in [0.25, 0.3) is 11.5 Å². The van der Waals surface area contributed by atoms with Crippen LogP contribution in [0.2, 0.25) is 0 Å². The number of fused-ring (bicyclic) bond motifs is 1. The second-order valence-corrected chi connectivity index (χ2v) is 6.88. The van der Waals surface area contributed by atoms with Gasteiger partial charge in [0, 0.05) is 24.1 Å². The molecule has 0 radical (unpaired) electrons. The Bertz CT molecular complexity index is 1040. The summed E-state index contributed by atoms with van der Waals surface area (Å²) in [6.07, 6.45) is 0.213. The van der Waals surface area contributed by atoms with Gasteiger partial charge in [-0.3, -0.25) is 4.79 Å². The number of aryl methyl sites for hydroxylation is 1. The van der Waals surface area contributed by atoms with Crippen LogP contribution in [0.1, 0.15) is 29.5 Å². The first-order valence-electron chi connectivity index (χ1n) is 8.67. The number of halogens is 3. The quantitative estimate of drug-likeness (QED) is 0.639. The maximum Gasteiger partial charge on any atom is 0.227 e. The molecular weight excluding hydrogens is 375 g/mol. The average Bonchev–Trinajstić information content (AvgIpc) is 3.24. The summed E-state index contributed by atoms with van der Waals surface area (Å²) in [5, 5.41) is 7.99. The van der Waals surface area contributed by atoms with E-state index in [1.807, 2.05) is 6.92 Å². The molecule has 0 bridgehead atoms. The van der Waals surface area contributed by atoms with E-state index in [-0.39, 0.29) is 30.5 Å². The molecule has 1 aliphatic rings. The fourth-order valence-corrected chi connectivity index (χ4v) is 3.38. The van der Waals surface area contributed by atoms with Crippen LogP contribution >= 0.6 is 0 Å². The van der Waals surface area contributed by atoms with Crippen LogP contribution in [0, 0.1) is 24.4 Å². The summed E-state index contributed by atoms with van der Waals surface area (Å²) in [5.74, 6) is -3.50. The van der Waals surface area contributed by atoms with Gasteiger partial charge in [0.2, 0.25) is 5.91 Å². The maximum absolute atomic E-state index is 13.4. The van der Waals surface area contributed by atoms with E-state index in [9.17, 15) is 18.0 Å². The molecule has 0 saturated heterocycles. The van der Waals surface area contributed by atoms with Gasteiger partial charge in [-0.15, -0.1) is 0 Å². The summed E-state index contributed by atoms with van der Waals surface area (Å²) >= 11 is 0. The molecule has 2 aromatic heterocycles. The largest absolute Gasteiger partial charge is 0.361 e. The first kappa shape index (κ1) is 18.3. The summed E-state index contributed by atoms with van der Waals surface area (Å²) in [6, 6.07) is 3.18. The third kappa shape index (κ3) is 3.17. The highest BCUT2D eigenvalue weighted by atomic mass is 19.2. The lowest BCUT2D eigenvalue weighted by Crippen LogP contribution is -2.43. The van der Waals surface area contributed by atoms with Crippen LogP contribution in [-0.4, -0.2) is 27.2 Å². The molecule has 0 aliphatic carbocycles. The molecule has 1 atom stereocenters. The van der Waals surface area contributed by atoms with Crippen molar-refractivity contribution in [2.45, 2.75) is 39.3 Å². The fourth-order valence-electron chi connectivity index (χ4n) is 3.38. The van der Waals surface area contributed by atoms with Crippen LogP contribution < -0.4 is 0 Å². The number of rotatable bonds is 3. The smallest absolute Gasteiger partial charge is 0.227 e. The van der Waals surface area contributed by atoms with Crippen molar-refractivity contribution in [2.24, 2.45) is 0 Å². The van der Waals surface area contributed by atoms with Crippen molar-refractivity contribution >= 4 is 5.91 Å². The molecule has 3 heterocycles. The molecule has 0 fully saturated rings. The van der Waals surface area contributed by atoms with Crippen molar-refractivity contribution in [3.05, 3.63) is 58.2 Å². The monoisotopic (exact) mass is 391 g/mol. The maximum atomic E-state index is 13.4. The van der Waals surface area contributed by atoms with Crippen LogP contribution in [0.3, 0.4) is 0 Å². The minimum absolute atomic E-state index is 0.0667. The first-order valence-corrected chi connectivity index (χ1v) is 8.67. The standard InChI is InChI=1S/C19H16F3N3O3/c1-9-3-15-12(19(28-23-15)16-4-10(2)27-24-16)8-25(9)17(26)7-11-5-13(20)18(22)14(21)6-11/h4-6,9H,3,7-8H2,1-2H3/t9-/m0/s1. The van der Waals surface area contributed by atoms with Crippen LogP contribution in [0.15, 0.2) is 27.2 Å². The molecule has 0 spiro atoms. The second-order valence-electron chi connectivity index (χ2n) is 6.88. The van der Waals surface area contributed by atoms with E-state index in [2.05, 4.69) is 10.3 Å².